The minimum absolute atomic E-state index is 0.193. The predicted molar refractivity (Wildman–Crippen MR) is 117 cm³/mol. The Kier molecular flexibility index (Phi) is 5.64. The van der Waals surface area contributed by atoms with Gasteiger partial charge in [-0.05, 0) is 48.0 Å². The molecule has 4 aromatic rings. The second-order valence-corrected chi connectivity index (χ2v) is 7.04. The number of carbonyl (C=O) groups is 1. The zero-order chi connectivity index (χ0) is 22.0. The molecule has 0 bridgehead atoms. The molecule has 0 unspecified atom stereocenters. The smallest absolute Gasteiger partial charge is 0.343 e. The maximum absolute atomic E-state index is 12.9. The second-order valence-electron chi connectivity index (χ2n) is 6.60. The molecule has 156 valence electrons. The van der Waals surface area contributed by atoms with Gasteiger partial charge in [-0.15, -0.1) is 0 Å². The number of halogens is 1. The normalized spacial score (nSPS) is 10.7. The van der Waals surface area contributed by atoms with E-state index in [4.69, 9.17) is 30.2 Å². The summed E-state index contributed by atoms with van der Waals surface area (Å²) in [6.07, 6.45) is 1.38. The summed E-state index contributed by atoms with van der Waals surface area (Å²) in [7, 11) is 2.99. The van der Waals surface area contributed by atoms with E-state index in [1.54, 1.807) is 48.5 Å². The summed E-state index contributed by atoms with van der Waals surface area (Å²) in [5, 5.41) is 0.952. The van der Waals surface area contributed by atoms with E-state index in [9.17, 15) is 9.59 Å². The van der Waals surface area contributed by atoms with E-state index < -0.39 is 5.97 Å². The molecule has 1 heterocycles. The average Bonchev–Trinajstić information content (AvgIpc) is 2.79. The van der Waals surface area contributed by atoms with E-state index in [1.807, 2.05) is 0 Å². The molecule has 0 atom stereocenters. The molecular weight excluding hydrogens is 420 g/mol. The zero-order valence-corrected chi connectivity index (χ0v) is 17.4. The van der Waals surface area contributed by atoms with Crippen molar-refractivity contribution in [3.8, 4) is 28.4 Å². The molecule has 0 amide bonds. The van der Waals surface area contributed by atoms with Gasteiger partial charge < -0.3 is 18.6 Å². The molecule has 0 radical (unpaired) electrons. The predicted octanol–water partition coefficient (Wildman–Crippen LogP) is 5.35. The molecule has 0 spiro atoms. The summed E-state index contributed by atoms with van der Waals surface area (Å²) in [5.41, 5.74) is 1.52. The van der Waals surface area contributed by atoms with Crippen molar-refractivity contribution in [3.05, 3.63) is 87.7 Å². The van der Waals surface area contributed by atoms with Crippen LogP contribution in [0.25, 0.3) is 22.1 Å². The van der Waals surface area contributed by atoms with Crippen LogP contribution in [0.15, 0.2) is 76.1 Å². The van der Waals surface area contributed by atoms with Crippen LogP contribution in [-0.2, 0) is 0 Å². The van der Waals surface area contributed by atoms with Crippen LogP contribution >= 0.6 is 11.6 Å². The van der Waals surface area contributed by atoms with Crippen molar-refractivity contribution in [2.75, 3.05) is 14.2 Å². The van der Waals surface area contributed by atoms with Crippen molar-refractivity contribution in [1.29, 1.82) is 0 Å². The molecule has 0 fully saturated rings. The lowest BCUT2D eigenvalue weighted by molar-refractivity contribution is 0.0734. The van der Waals surface area contributed by atoms with Gasteiger partial charge in [0.2, 0.25) is 0 Å². The highest BCUT2D eigenvalue weighted by atomic mass is 35.5. The maximum atomic E-state index is 12.9. The van der Waals surface area contributed by atoms with E-state index >= 15 is 0 Å². The third-order valence-electron chi connectivity index (χ3n) is 4.73. The molecule has 0 aliphatic carbocycles. The van der Waals surface area contributed by atoms with Crippen molar-refractivity contribution in [2.24, 2.45) is 0 Å². The molecule has 0 saturated heterocycles. The lowest BCUT2D eigenvalue weighted by Gasteiger charge is -2.10. The second kappa shape index (κ2) is 8.53. The van der Waals surface area contributed by atoms with Gasteiger partial charge in [-0.1, -0.05) is 23.7 Å². The van der Waals surface area contributed by atoms with Crippen LogP contribution in [0.5, 0.6) is 17.2 Å². The first-order chi connectivity index (χ1) is 15.0. The van der Waals surface area contributed by atoms with Crippen LogP contribution in [0.3, 0.4) is 0 Å². The van der Waals surface area contributed by atoms with Crippen molar-refractivity contribution in [3.63, 3.8) is 0 Å². The molecule has 6 nitrogen and oxygen atoms in total. The highest BCUT2D eigenvalue weighted by Gasteiger charge is 2.15. The Morgan fingerprint density at radius 2 is 1.65 bits per heavy atom. The number of carbonyl (C=O) groups excluding carboxylic acids is 1. The third-order valence-corrected chi connectivity index (χ3v) is 4.98. The number of benzene rings is 3. The van der Waals surface area contributed by atoms with Gasteiger partial charge in [-0.2, -0.15) is 0 Å². The first-order valence-corrected chi connectivity index (χ1v) is 9.63. The molecular formula is C24H17ClO6. The number of hydrogen-bond donors (Lipinski definition) is 0. The Labute approximate surface area is 182 Å². The SMILES string of the molecule is COc1ccc(C(=O)Oc2ccc3c(=O)c(-c4ccc(Cl)cc4)coc3c2)cc1OC. The largest absolute Gasteiger partial charge is 0.493 e. The van der Waals surface area contributed by atoms with Crippen LogP contribution in [0.1, 0.15) is 10.4 Å². The van der Waals surface area contributed by atoms with Crippen molar-refractivity contribution in [1.82, 2.24) is 0 Å². The molecule has 0 saturated carbocycles. The van der Waals surface area contributed by atoms with E-state index in [1.165, 1.54) is 32.6 Å². The molecule has 4 rings (SSSR count). The number of ether oxygens (including phenoxy) is 3. The highest BCUT2D eigenvalue weighted by Crippen LogP contribution is 2.29. The van der Waals surface area contributed by atoms with Gasteiger partial charge in [0.1, 0.15) is 17.6 Å². The number of fused-ring (bicyclic) bond motifs is 1. The van der Waals surface area contributed by atoms with E-state index in [0.717, 1.165) is 0 Å². The summed E-state index contributed by atoms with van der Waals surface area (Å²) in [6.45, 7) is 0. The number of methoxy groups -OCH3 is 2. The summed E-state index contributed by atoms with van der Waals surface area (Å²) in [5.74, 6) is 0.578. The van der Waals surface area contributed by atoms with Crippen molar-refractivity contribution >= 4 is 28.5 Å². The van der Waals surface area contributed by atoms with Crippen LogP contribution in [0.4, 0.5) is 0 Å². The Morgan fingerprint density at radius 1 is 0.903 bits per heavy atom. The Morgan fingerprint density at radius 3 is 2.35 bits per heavy atom. The van der Waals surface area contributed by atoms with E-state index in [2.05, 4.69) is 0 Å². The summed E-state index contributed by atoms with van der Waals surface area (Å²) < 4.78 is 21.5. The molecule has 3 aromatic carbocycles. The standard InChI is InChI=1S/C24H17ClO6/c1-28-20-10-5-15(11-22(20)29-2)24(27)31-17-8-9-18-21(12-17)30-13-19(23(18)26)14-3-6-16(25)7-4-14/h3-13H,1-2H3. The first-order valence-electron chi connectivity index (χ1n) is 9.26. The summed E-state index contributed by atoms with van der Waals surface area (Å²) in [4.78, 5) is 25.4. The maximum Gasteiger partial charge on any atom is 0.343 e. The van der Waals surface area contributed by atoms with Crippen LogP contribution in [0, 0.1) is 0 Å². The third kappa shape index (κ3) is 4.11. The van der Waals surface area contributed by atoms with Gasteiger partial charge in [0.05, 0.1) is 30.7 Å². The Bertz CT molecular complexity index is 1320. The van der Waals surface area contributed by atoms with Crippen LogP contribution in [0.2, 0.25) is 5.02 Å². The van der Waals surface area contributed by atoms with Gasteiger partial charge in [0, 0.05) is 11.1 Å². The molecule has 31 heavy (non-hydrogen) atoms. The summed E-state index contributed by atoms with van der Waals surface area (Å²) in [6, 6.07) is 16.2. The van der Waals surface area contributed by atoms with Crippen molar-refractivity contribution in [2.45, 2.75) is 0 Å². The van der Waals surface area contributed by atoms with Crippen molar-refractivity contribution < 1.29 is 23.4 Å². The van der Waals surface area contributed by atoms with Gasteiger partial charge in [-0.3, -0.25) is 4.79 Å². The van der Waals surface area contributed by atoms with Crippen LogP contribution < -0.4 is 19.6 Å². The molecule has 0 N–H and O–H groups in total. The van der Waals surface area contributed by atoms with Gasteiger partial charge in [0.25, 0.3) is 0 Å². The molecule has 0 aliphatic rings. The fourth-order valence-corrected chi connectivity index (χ4v) is 3.26. The fraction of sp³-hybridized carbons (Fsp3) is 0.0833. The van der Waals surface area contributed by atoms with E-state index in [-0.39, 0.29) is 16.7 Å². The minimum Gasteiger partial charge on any atom is -0.493 e. The zero-order valence-electron chi connectivity index (χ0n) is 16.7. The fourth-order valence-electron chi connectivity index (χ4n) is 3.13. The van der Waals surface area contributed by atoms with E-state index in [0.29, 0.717) is 38.6 Å². The first kappa shape index (κ1) is 20.5. The monoisotopic (exact) mass is 436 g/mol. The number of esters is 1. The van der Waals surface area contributed by atoms with Gasteiger partial charge in [-0.25, -0.2) is 4.79 Å². The number of rotatable bonds is 5. The number of hydrogen-bond acceptors (Lipinski definition) is 6. The average molecular weight is 437 g/mol. The van der Waals surface area contributed by atoms with Crippen LogP contribution in [-0.4, -0.2) is 20.2 Å². The van der Waals surface area contributed by atoms with Gasteiger partial charge >= 0.3 is 5.97 Å². The minimum atomic E-state index is -0.583. The lowest BCUT2D eigenvalue weighted by atomic mass is 10.1. The van der Waals surface area contributed by atoms with Gasteiger partial charge in [0.15, 0.2) is 16.9 Å². The topological polar surface area (TPSA) is 75.0 Å². The lowest BCUT2D eigenvalue weighted by Crippen LogP contribution is -2.09. The highest BCUT2D eigenvalue weighted by molar-refractivity contribution is 6.30. The quantitative estimate of drug-likeness (QED) is 0.310. The Balaban J connectivity index is 1.62. The Hall–Kier alpha value is -3.77. The molecule has 1 aromatic heterocycles. The summed E-state index contributed by atoms with van der Waals surface area (Å²) >= 11 is 5.91. The molecule has 0 aliphatic heterocycles. The molecule has 7 heteroatoms.